The van der Waals surface area contributed by atoms with Crippen molar-refractivity contribution in [2.24, 2.45) is 4.99 Å². The molecular weight excluding hydrogens is 421 g/mol. The average molecular weight is 442 g/mol. The van der Waals surface area contributed by atoms with E-state index in [-0.39, 0.29) is 12.4 Å². The number of nitrogens with zero attached hydrogens (tertiary/aromatic N) is 1. The third-order valence-corrected chi connectivity index (χ3v) is 5.04. The first kappa shape index (κ1) is 20.1. The van der Waals surface area contributed by atoms with Gasteiger partial charge >= 0.3 is 0 Å². The van der Waals surface area contributed by atoms with Gasteiger partial charge in [-0.05, 0) is 82.4 Å². The summed E-state index contributed by atoms with van der Waals surface area (Å²) in [6.07, 6.45) is 1.80. The quantitative estimate of drug-likeness (QED) is 0.406. The second-order valence-electron chi connectivity index (χ2n) is 6.43. The third kappa shape index (κ3) is 4.78. The molecule has 0 atom stereocenters. The minimum absolute atomic E-state index is 0.239. The van der Waals surface area contributed by atoms with E-state index in [1.165, 1.54) is 17.7 Å². The molecule has 0 saturated heterocycles. The Bertz CT molecular complexity index is 1020. The molecule has 0 aliphatic heterocycles. The minimum atomic E-state index is -0.287. The molecule has 3 aromatic rings. The van der Waals surface area contributed by atoms with Gasteiger partial charge in [-0.3, -0.25) is 4.99 Å². The standard InChI is InChI=1S/C23H21BrFNO2/c1-15-6-4-9-21(16(15)2)26-13-18-11-20(24)23(22(12-18)27-3)28-14-17-7-5-8-19(25)10-17/h4-13H,14H2,1-3H3. The summed E-state index contributed by atoms with van der Waals surface area (Å²) in [5, 5.41) is 0. The lowest BCUT2D eigenvalue weighted by molar-refractivity contribution is 0.282. The first-order valence-corrected chi connectivity index (χ1v) is 9.62. The first-order chi connectivity index (χ1) is 13.5. The summed E-state index contributed by atoms with van der Waals surface area (Å²) in [5.74, 6) is 0.856. The van der Waals surface area contributed by atoms with Crippen molar-refractivity contribution in [3.8, 4) is 11.5 Å². The summed E-state index contributed by atoms with van der Waals surface area (Å²) in [5.41, 5.74) is 4.91. The van der Waals surface area contributed by atoms with E-state index in [0.717, 1.165) is 26.9 Å². The van der Waals surface area contributed by atoms with Gasteiger partial charge in [0.25, 0.3) is 0 Å². The third-order valence-electron chi connectivity index (χ3n) is 4.45. The maximum atomic E-state index is 13.3. The molecule has 0 fully saturated rings. The van der Waals surface area contributed by atoms with Gasteiger partial charge in [-0.25, -0.2) is 4.39 Å². The Morgan fingerprint density at radius 2 is 1.86 bits per heavy atom. The molecule has 0 radical (unpaired) electrons. The van der Waals surface area contributed by atoms with Gasteiger partial charge in [0.05, 0.1) is 17.3 Å². The molecular formula is C23H21BrFNO2. The first-order valence-electron chi connectivity index (χ1n) is 8.83. The van der Waals surface area contributed by atoms with Crippen molar-refractivity contribution in [1.82, 2.24) is 0 Å². The Labute approximate surface area is 173 Å². The van der Waals surface area contributed by atoms with Crippen LogP contribution >= 0.6 is 15.9 Å². The molecule has 144 valence electrons. The lowest BCUT2D eigenvalue weighted by Crippen LogP contribution is -2.00. The molecule has 3 nitrogen and oxygen atoms in total. The van der Waals surface area contributed by atoms with E-state index in [9.17, 15) is 4.39 Å². The van der Waals surface area contributed by atoms with Crippen LogP contribution in [0, 0.1) is 19.7 Å². The molecule has 3 rings (SSSR count). The number of benzene rings is 3. The van der Waals surface area contributed by atoms with Crippen LogP contribution < -0.4 is 9.47 Å². The van der Waals surface area contributed by atoms with Gasteiger partial charge in [-0.1, -0.05) is 24.3 Å². The van der Waals surface area contributed by atoms with Gasteiger partial charge < -0.3 is 9.47 Å². The van der Waals surface area contributed by atoms with Gasteiger partial charge in [0.15, 0.2) is 11.5 Å². The van der Waals surface area contributed by atoms with Gasteiger partial charge in [0, 0.05) is 6.21 Å². The molecule has 0 aliphatic rings. The highest BCUT2D eigenvalue weighted by molar-refractivity contribution is 9.10. The summed E-state index contributed by atoms with van der Waals surface area (Å²) < 4.78 is 25.4. The molecule has 0 heterocycles. The predicted octanol–water partition coefficient (Wildman–Crippen LogP) is 6.54. The van der Waals surface area contributed by atoms with Crippen molar-refractivity contribution in [2.45, 2.75) is 20.5 Å². The van der Waals surface area contributed by atoms with Crippen LogP contribution in [0.25, 0.3) is 0 Å². The van der Waals surface area contributed by atoms with Gasteiger partial charge in [-0.15, -0.1) is 0 Å². The van der Waals surface area contributed by atoms with Crippen LogP contribution in [0.3, 0.4) is 0 Å². The van der Waals surface area contributed by atoms with Crippen LogP contribution in [0.5, 0.6) is 11.5 Å². The molecule has 0 amide bonds. The van der Waals surface area contributed by atoms with Crippen LogP contribution in [0.2, 0.25) is 0 Å². The highest BCUT2D eigenvalue weighted by Gasteiger charge is 2.12. The molecule has 3 aromatic carbocycles. The van der Waals surface area contributed by atoms with Crippen LogP contribution in [0.15, 0.2) is 64.1 Å². The number of aliphatic imine (C=N–C) groups is 1. The van der Waals surface area contributed by atoms with Crippen molar-refractivity contribution in [3.05, 3.63) is 87.1 Å². The van der Waals surface area contributed by atoms with Crippen LogP contribution in [-0.4, -0.2) is 13.3 Å². The molecule has 0 spiro atoms. The van der Waals surface area contributed by atoms with Gasteiger partial charge in [-0.2, -0.15) is 0 Å². The number of aryl methyl sites for hydroxylation is 1. The fourth-order valence-corrected chi connectivity index (χ4v) is 3.33. The number of ether oxygens (including phenoxy) is 2. The Morgan fingerprint density at radius 1 is 1.07 bits per heavy atom. The predicted molar refractivity (Wildman–Crippen MR) is 115 cm³/mol. The van der Waals surface area contributed by atoms with Crippen LogP contribution in [0.1, 0.15) is 22.3 Å². The topological polar surface area (TPSA) is 30.8 Å². The van der Waals surface area contributed by atoms with Crippen molar-refractivity contribution in [1.29, 1.82) is 0 Å². The van der Waals surface area contributed by atoms with Gasteiger partial charge in [0.2, 0.25) is 0 Å². The number of hydrogen-bond donors (Lipinski definition) is 0. The number of hydrogen-bond acceptors (Lipinski definition) is 3. The normalized spacial score (nSPS) is 11.0. The van der Waals surface area contributed by atoms with E-state index in [1.54, 1.807) is 19.4 Å². The van der Waals surface area contributed by atoms with Crippen molar-refractivity contribution >= 4 is 27.8 Å². The van der Waals surface area contributed by atoms with E-state index >= 15 is 0 Å². The van der Waals surface area contributed by atoms with Crippen molar-refractivity contribution < 1.29 is 13.9 Å². The van der Waals surface area contributed by atoms with E-state index in [2.05, 4.69) is 40.8 Å². The summed E-state index contributed by atoms with van der Waals surface area (Å²) in [6.45, 7) is 4.36. The number of rotatable bonds is 6. The van der Waals surface area contributed by atoms with E-state index in [4.69, 9.17) is 9.47 Å². The Morgan fingerprint density at radius 3 is 2.61 bits per heavy atom. The molecule has 0 aliphatic carbocycles. The molecule has 0 unspecified atom stereocenters. The second kappa shape index (κ2) is 9.02. The smallest absolute Gasteiger partial charge is 0.175 e. The van der Waals surface area contributed by atoms with Crippen molar-refractivity contribution in [2.75, 3.05) is 7.11 Å². The van der Waals surface area contributed by atoms with E-state index in [1.807, 2.05) is 30.3 Å². The second-order valence-corrected chi connectivity index (χ2v) is 7.28. The average Bonchev–Trinajstić information content (AvgIpc) is 2.68. The Balaban J connectivity index is 1.83. The Hall–Kier alpha value is -2.66. The SMILES string of the molecule is COc1cc(C=Nc2cccc(C)c2C)cc(Br)c1OCc1cccc(F)c1. The molecule has 0 N–H and O–H groups in total. The van der Waals surface area contributed by atoms with Crippen LogP contribution in [-0.2, 0) is 6.61 Å². The van der Waals surface area contributed by atoms with Crippen LogP contribution in [0.4, 0.5) is 10.1 Å². The summed E-state index contributed by atoms with van der Waals surface area (Å²) >= 11 is 3.54. The highest BCUT2D eigenvalue weighted by atomic mass is 79.9. The Kier molecular flexibility index (Phi) is 6.47. The maximum absolute atomic E-state index is 13.3. The zero-order chi connectivity index (χ0) is 20.1. The fraction of sp³-hybridized carbons (Fsp3) is 0.174. The minimum Gasteiger partial charge on any atom is -0.493 e. The highest BCUT2D eigenvalue weighted by Crippen LogP contribution is 2.37. The lowest BCUT2D eigenvalue weighted by atomic mass is 10.1. The molecule has 0 saturated carbocycles. The van der Waals surface area contributed by atoms with Gasteiger partial charge in [0.1, 0.15) is 12.4 Å². The van der Waals surface area contributed by atoms with Crippen molar-refractivity contribution in [3.63, 3.8) is 0 Å². The van der Waals surface area contributed by atoms with E-state index in [0.29, 0.717) is 11.5 Å². The summed E-state index contributed by atoms with van der Waals surface area (Å²) in [6, 6.07) is 16.2. The largest absolute Gasteiger partial charge is 0.493 e. The monoisotopic (exact) mass is 441 g/mol. The summed E-state index contributed by atoms with van der Waals surface area (Å²) in [4.78, 5) is 4.60. The van der Waals surface area contributed by atoms with E-state index < -0.39 is 0 Å². The molecule has 28 heavy (non-hydrogen) atoms. The zero-order valence-corrected chi connectivity index (χ0v) is 17.6. The number of methoxy groups -OCH3 is 1. The zero-order valence-electron chi connectivity index (χ0n) is 16.0. The fourth-order valence-electron chi connectivity index (χ4n) is 2.76. The summed E-state index contributed by atoms with van der Waals surface area (Å²) in [7, 11) is 1.59. The lowest BCUT2D eigenvalue weighted by Gasteiger charge is -2.13. The molecule has 0 aromatic heterocycles. The number of halogens is 2. The maximum Gasteiger partial charge on any atom is 0.175 e. The molecule has 0 bridgehead atoms. The molecule has 5 heteroatoms.